The third-order valence-electron chi connectivity index (χ3n) is 4.36. The summed E-state index contributed by atoms with van der Waals surface area (Å²) in [5.74, 6) is 0.0818. The number of non-ortho nitro benzene ring substituents is 1. The fourth-order valence-electron chi connectivity index (χ4n) is 2.52. The average molecular weight is 430 g/mol. The van der Waals surface area contributed by atoms with E-state index < -0.39 is 22.9 Å². The molecule has 0 bridgehead atoms. The minimum Gasteiger partial charge on any atom is -0.495 e. The number of nitro benzene ring substituents is 1. The highest BCUT2D eigenvalue weighted by atomic mass is 16.6. The lowest BCUT2D eigenvalue weighted by Gasteiger charge is -2.15. The summed E-state index contributed by atoms with van der Waals surface area (Å²) in [7, 11) is 1.37. The monoisotopic (exact) mass is 430 g/mol. The maximum atomic E-state index is 12.4. The highest BCUT2D eigenvalue weighted by molar-refractivity contribution is 5.98. The number of methoxy groups -OCH3 is 1. The predicted octanol–water partition coefficient (Wildman–Crippen LogP) is 4.21. The molecule has 0 aromatic heterocycles. The summed E-state index contributed by atoms with van der Waals surface area (Å²) in [6, 6.07) is 10.2. The van der Waals surface area contributed by atoms with Crippen LogP contribution in [-0.2, 0) is 9.53 Å². The Morgan fingerprint density at radius 1 is 1.10 bits per heavy atom. The maximum absolute atomic E-state index is 12.4. The topological polar surface area (TPSA) is 117 Å². The van der Waals surface area contributed by atoms with Gasteiger partial charge in [-0.1, -0.05) is 13.8 Å². The largest absolute Gasteiger partial charge is 0.495 e. The number of carbonyl (C=O) groups excluding carboxylic acids is 2. The van der Waals surface area contributed by atoms with Crippen molar-refractivity contribution >= 4 is 23.3 Å². The maximum Gasteiger partial charge on any atom is 0.338 e. The van der Waals surface area contributed by atoms with E-state index in [1.807, 2.05) is 0 Å². The summed E-state index contributed by atoms with van der Waals surface area (Å²) in [5.41, 5.74) is 0.160. The van der Waals surface area contributed by atoms with Gasteiger partial charge in [0.2, 0.25) is 0 Å². The van der Waals surface area contributed by atoms with Crippen LogP contribution in [0.15, 0.2) is 42.5 Å². The van der Waals surface area contributed by atoms with Gasteiger partial charge in [0.05, 0.1) is 29.9 Å². The molecule has 0 fully saturated rings. The van der Waals surface area contributed by atoms with E-state index in [1.54, 1.807) is 24.3 Å². The number of nitrogens with one attached hydrogen (secondary N) is 1. The van der Waals surface area contributed by atoms with Gasteiger partial charge < -0.3 is 19.5 Å². The lowest BCUT2D eigenvalue weighted by Crippen LogP contribution is -2.30. The van der Waals surface area contributed by atoms with E-state index in [-0.39, 0.29) is 22.7 Å². The molecule has 9 heteroatoms. The molecule has 0 saturated carbocycles. The van der Waals surface area contributed by atoms with Crippen molar-refractivity contribution in [2.45, 2.75) is 33.3 Å². The number of nitro groups is 1. The Bertz CT molecular complexity index is 926. The molecule has 31 heavy (non-hydrogen) atoms. The summed E-state index contributed by atoms with van der Waals surface area (Å²) in [6.07, 6.45) is -0.218. The zero-order chi connectivity index (χ0) is 23.0. The second-order valence-electron chi connectivity index (χ2n) is 7.23. The fourth-order valence-corrected chi connectivity index (χ4v) is 2.52. The average Bonchev–Trinajstić information content (AvgIpc) is 2.73. The predicted molar refractivity (Wildman–Crippen MR) is 115 cm³/mol. The lowest BCUT2D eigenvalue weighted by atomic mass is 10.1. The molecule has 1 N–H and O–H groups in total. The summed E-state index contributed by atoms with van der Waals surface area (Å²) in [5, 5.41) is 13.4. The van der Waals surface area contributed by atoms with Crippen LogP contribution in [0.3, 0.4) is 0 Å². The van der Waals surface area contributed by atoms with E-state index in [9.17, 15) is 19.7 Å². The van der Waals surface area contributed by atoms with Crippen molar-refractivity contribution in [1.82, 2.24) is 0 Å². The van der Waals surface area contributed by atoms with Crippen LogP contribution in [0.1, 0.15) is 37.6 Å². The number of amides is 1. The number of hydrogen-bond donors (Lipinski definition) is 1. The van der Waals surface area contributed by atoms with Gasteiger partial charge in [0, 0.05) is 12.1 Å². The van der Waals surface area contributed by atoms with Crippen molar-refractivity contribution in [1.29, 1.82) is 0 Å². The minimum absolute atomic E-state index is 0.104. The van der Waals surface area contributed by atoms with Crippen molar-refractivity contribution in [3.63, 3.8) is 0 Å². The van der Waals surface area contributed by atoms with Gasteiger partial charge in [-0.25, -0.2) is 4.79 Å². The number of nitrogens with zero attached hydrogens (tertiary/aromatic N) is 1. The van der Waals surface area contributed by atoms with Gasteiger partial charge in [-0.15, -0.1) is 0 Å². The Balaban J connectivity index is 1.97. The van der Waals surface area contributed by atoms with Crippen LogP contribution in [0.2, 0.25) is 0 Å². The minimum atomic E-state index is -1.14. The fraction of sp³-hybridized carbons (Fsp3) is 0.364. The molecule has 0 spiro atoms. The standard InChI is InChI=1S/C22H26N2O7/c1-14(2)11-12-30-18-8-5-16(6-9-18)22(26)31-15(3)21(25)23-19-13-17(24(27)28)7-10-20(19)29-4/h5-10,13-15H,11-12H2,1-4H3,(H,23,25). The molecule has 1 atom stereocenters. The van der Waals surface area contributed by atoms with Crippen molar-refractivity contribution in [2.24, 2.45) is 5.92 Å². The van der Waals surface area contributed by atoms with Crippen LogP contribution in [0.25, 0.3) is 0 Å². The van der Waals surface area contributed by atoms with E-state index in [2.05, 4.69) is 19.2 Å². The molecule has 0 aliphatic heterocycles. The highest BCUT2D eigenvalue weighted by Gasteiger charge is 2.21. The molecular weight excluding hydrogens is 404 g/mol. The number of ether oxygens (including phenoxy) is 3. The molecule has 0 saturated heterocycles. The van der Waals surface area contributed by atoms with E-state index in [0.29, 0.717) is 18.3 Å². The zero-order valence-corrected chi connectivity index (χ0v) is 17.9. The van der Waals surface area contributed by atoms with Gasteiger partial charge in [-0.3, -0.25) is 14.9 Å². The molecule has 0 radical (unpaired) electrons. The Labute approximate surface area is 180 Å². The SMILES string of the molecule is COc1ccc([N+](=O)[O-])cc1NC(=O)C(C)OC(=O)c1ccc(OCCC(C)C)cc1. The lowest BCUT2D eigenvalue weighted by molar-refractivity contribution is -0.384. The van der Waals surface area contributed by atoms with Gasteiger partial charge in [0.15, 0.2) is 6.10 Å². The smallest absolute Gasteiger partial charge is 0.338 e. The second-order valence-corrected chi connectivity index (χ2v) is 7.23. The van der Waals surface area contributed by atoms with Crippen molar-refractivity contribution < 1.29 is 28.7 Å². The quantitative estimate of drug-likeness (QED) is 0.341. The van der Waals surface area contributed by atoms with E-state index in [4.69, 9.17) is 14.2 Å². The molecule has 2 aromatic rings. The van der Waals surface area contributed by atoms with Crippen LogP contribution in [0, 0.1) is 16.0 Å². The molecule has 2 aromatic carbocycles. The molecule has 2 rings (SSSR count). The summed E-state index contributed by atoms with van der Waals surface area (Å²) < 4.78 is 15.9. The van der Waals surface area contributed by atoms with Gasteiger partial charge in [-0.05, 0) is 49.6 Å². The highest BCUT2D eigenvalue weighted by Crippen LogP contribution is 2.29. The molecular formula is C22H26N2O7. The van der Waals surface area contributed by atoms with Crippen molar-refractivity contribution in [3.05, 3.63) is 58.1 Å². The molecule has 9 nitrogen and oxygen atoms in total. The Hall–Kier alpha value is -3.62. The van der Waals surface area contributed by atoms with Crippen molar-refractivity contribution in [3.8, 4) is 11.5 Å². The third-order valence-corrected chi connectivity index (χ3v) is 4.36. The van der Waals surface area contributed by atoms with Gasteiger partial charge in [0.1, 0.15) is 11.5 Å². The van der Waals surface area contributed by atoms with Gasteiger partial charge in [0.25, 0.3) is 11.6 Å². The van der Waals surface area contributed by atoms with Crippen molar-refractivity contribution in [2.75, 3.05) is 19.0 Å². The number of esters is 1. The van der Waals surface area contributed by atoms with Crippen LogP contribution in [0.4, 0.5) is 11.4 Å². The van der Waals surface area contributed by atoms with Crippen LogP contribution < -0.4 is 14.8 Å². The molecule has 0 aliphatic rings. The Morgan fingerprint density at radius 3 is 2.35 bits per heavy atom. The number of carbonyl (C=O) groups is 2. The van der Waals surface area contributed by atoms with Crippen LogP contribution in [-0.4, -0.2) is 36.6 Å². The first-order chi connectivity index (χ1) is 14.7. The first-order valence-electron chi connectivity index (χ1n) is 9.78. The number of anilines is 1. The van der Waals surface area contributed by atoms with E-state index in [0.717, 1.165) is 6.42 Å². The Morgan fingerprint density at radius 2 is 1.77 bits per heavy atom. The number of rotatable bonds is 10. The van der Waals surface area contributed by atoms with Gasteiger partial charge in [-0.2, -0.15) is 0 Å². The molecule has 1 amide bonds. The number of benzene rings is 2. The first-order valence-corrected chi connectivity index (χ1v) is 9.78. The Kier molecular flexibility index (Phi) is 8.36. The summed E-state index contributed by atoms with van der Waals surface area (Å²) in [4.78, 5) is 35.1. The van der Waals surface area contributed by atoms with E-state index >= 15 is 0 Å². The third kappa shape index (κ3) is 6.98. The van der Waals surface area contributed by atoms with E-state index in [1.165, 1.54) is 32.2 Å². The zero-order valence-electron chi connectivity index (χ0n) is 17.9. The van der Waals surface area contributed by atoms with Gasteiger partial charge >= 0.3 is 5.97 Å². The molecule has 0 heterocycles. The molecule has 166 valence electrons. The summed E-state index contributed by atoms with van der Waals surface area (Å²) in [6.45, 7) is 6.20. The van der Waals surface area contributed by atoms with Crippen LogP contribution in [0.5, 0.6) is 11.5 Å². The summed E-state index contributed by atoms with van der Waals surface area (Å²) >= 11 is 0. The molecule has 1 unspecified atom stereocenters. The second kappa shape index (κ2) is 11.0. The molecule has 0 aliphatic carbocycles. The first kappa shape index (κ1) is 23.7. The normalized spacial score (nSPS) is 11.5. The van der Waals surface area contributed by atoms with Crippen LogP contribution >= 0.6 is 0 Å². The number of hydrogen-bond acceptors (Lipinski definition) is 7.